The van der Waals surface area contributed by atoms with Crippen molar-refractivity contribution in [1.82, 2.24) is 0 Å². The summed E-state index contributed by atoms with van der Waals surface area (Å²) in [6, 6.07) is 0. The van der Waals surface area contributed by atoms with Crippen LogP contribution < -0.4 is 5.73 Å². The Kier molecular flexibility index (Phi) is 5.10. The lowest BCUT2D eigenvalue weighted by Crippen LogP contribution is -2.41. The topological polar surface area (TPSA) is 92.8 Å². The van der Waals surface area contributed by atoms with Crippen molar-refractivity contribution in [2.24, 2.45) is 5.73 Å². The fourth-order valence-electron chi connectivity index (χ4n) is 1.000. The number of nitrogens with two attached hydrogens (primary N) is 1. The number of phosphoric acid groups is 1. The molecule has 0 bridgehead atoms. The van der Waals surface area contributed by atoms with E-state index in [0.29, 0.717) is 12.8 Å². The molecule has 0 spiro atoms. The van der Waals surface area contributed by atoms with Gasteiger partial charge in [-0.15, -0.1) is 0 Å². The summed E-state index contributed by atoms with van der Waals surface area (Å²) >= 11 is 0. The molecular weight excluding hydrogens is 193 g/mol. The molecule has 5 nitrogen and oxygen atoms in total. The monoisotopic (exact) mass is 211 g/mol. The third-order valence-corrected chi connectivity index (χ3v) is 2.45. The van der Waals surface area contributed by atoms with Gasteiger partial charge >= 0.3 is 7.82 Å². The van der Waals surface area contributed by atoms with Gasteiger partial charge in [-0.1, -0.05) is 20.3 Å². The fraction of sp³-hybridized carbons (Fsp3) is 1.00. The second-order valence-electron chi connectivity index (χ2n) is 3.10. The zero-order valence-electron chi connectivity index (χ0n) is 8.06. The molecule has 0 heterocycles. The molecule has 0 rings (SSSR count). The lowest BCUT2D eigenvalue weighted by molar-refractivity contribution is 0.0264. The normalized spacial score (nSPS) is 17.0. The van der Waals surface area contributed by atoms with Crippen molar-refractivity contribution >= 4 is 7.82 Å². The summed E-state index contributed by atoms with van der Waals surface area (Å²) in [5, 5.41) is 0. The summed E-state index contributed by atoms with van der Waals surface area (Å²) < 4.78 is 15.1. The maximum atomic E-state index is 10.6. The van der Waals surface area contributed by atoms with Crippen molar-refractivity contribution in [2.45, 2.75) is 45.3 Å². The van der Waals surface area contributed by atoms with Gasteiger partial charge in [-0.05, 0) is 19.3 Å². The molecule has 4 N–H and O–H groups in total. The minimum atomic E-state index is -4.47. The van der Waals surface area contributed by atoms with Crippen molar-refractivity contribution in [3.8, 4) is 0 Å². The average molecular weight is 211 g/mol. The summed E-state index contributed by atoms with van der Waals surface area (Å²) in [6.07, 6.45) is 2.57. The summed E-state index contributed by atoms with van der Waals surface area (Å²) in [6.45, 7) is 3.72. The van der Waals surface area contributed by atoms with Crippen molar-refractivity contribution in [1.29, 1.82) is 0 Å². The second-order valence-corrected chi connectivity index (χ2v) is 4.27. The summed E-state index contributed by atoms with van der Waals surface area (Å²) in [5.74, 6) is 0. The molecule has 0 aromatic heterocycles. The standard InChI is InChI=1S/C7H18NO4P/c1-3-5-6-7(8,4-2)12-13(9,10)11/h3-6,8H2,1-2H3,(H2,9,10,11). The first-order chi connectivity index (χ1) is 5.83. The Morgan fingerprint density at radius 1 is 1.46 bits per heavy atom. The number of phosphoric ester groups is 1. The van der Waals surface area contributed by atoms with Crippen molar-refractivity contribution in [3.63, 3.8) is 0 Å². The van der Waals surface area contributed by atoms with Crippen LogP contribution in [0.15, 0.2) is 0 Å². The van der Waals surface area contributed by atoms with Gasteiger partial charge in [0.05, 0.1) is 0 Å². The highest BCUT2D eigenvalue weighted by atomic mass is 31.2. The molecule has 0 aliphatic heterocycles. The average Bonchev–Trinajstić information content (AvgIpc) is 1.98. The van der Waals surface area contributed by atoms with Crippen molar-refractivity contribution < 1.29 is 18.9 Å². The van der Waals surface area contributed by atoms with Gasteiger partial charge in [0, 0.05) is 0 Å². The van der Waals surface area contributed by atoms with E-state index in [0.717, 1.165) is 12.8 Å². The molecule has 0 saturated heterocycles. The Bertz CT molecular complexity index is 193. The third-order valence-electron chi connectivity index (χ3n) is 1.85. The maximum absolute atomic E-state index is 10.6. The highest BCUT2D eigenvalue weighted by Crippen LogP contribution is 2.42. The molecule has 1 atom stereocenters. The maximum Gasteiger partial charge on any atom is 0.471 e. The molecule has 0 aromatic rings. The van der Waals surface area contributed by atoms with Crippen LogP contribution in [-0.2, 0) is 9.09 Å². The lowest BCUT2D eigenvalue weighted by atomic mass is 10.1. The van der Waals surface area contributed by atoms with E-state index < -0.39 is 13.5 Å². The quantitative estimate of drug-likeness (QED) is 0.455. The molecule has 0 fully saturated rings. The molecule has 0 aromatic carbocycles. The summed E-state index contributed by atoms with van der Waals surface area (Å²) in [7, 11) is -4.47. The molecule has 0 amide bonds. The van der Waals surface area contributed by atoms with Gasteiger partial charge in [-0.25, -0.2) is 4.57 Å². The van der Waals surface area contributed by atoms with Crippen molar-refractivity contribution in [2.75, 3.05) is 0 Å². The lowest BCUT2D eigenvalue weighted by Gasteiger charge is -2.28. The van der Waals surface area contributed by atoms with Crippen LogP contribution >= 0.6 is 7.82 Å². The Labute approximate surface area is 78.5 Å². The number of hydrogen-bond donors (Lipinski definition) is 3. The van der Waals surface area contributed by atoms with E-state index in [2.05, 4.69) is 4.52 Å². The Hall–Kier alpha value is 0.0700. The van der Waals surface area contributed by atoms with Crippen LogP contribution in [0.25, 0.3) is 0 Å². The zero-order chi connectivity index (χ0) is 10.5. The first-order valence-corrected chi connectivity index (χ1v) is 5.91. The van der Waals surface area contributed by atoms with E-state index in [1.807, 2.05) is 6.92 Å². The SMILES string of the molecule is CCCCC(N)(CC)OP(=O)(O)O. The Balaban J connectivity index is 4.19. The van der Waals surface area contributed by atoms with E-state index in [1.165, 1.54) is 0 Å². The van der Waals surface area contributed by atoms with Crippen LogP contribution in [0.4, 0.5) is 0 Å². The number of unbranched alkanes of at least 4 members (excludes halogenated alkanes) is 1. The Morgan fingerprint density at radius 3 is 2.31 bits per heavy atom. The highest BCUT2D eigenvalue weighted by molar-refractivity contribution is 7.46. The van der Waals surface area contributed by atoms with Crippen LogP contribution in [-0.4, -0.2) is 15.5 Å². The smallest absolute Gasteiger partial charge is 0.303 e. The minimum absolute atomic E-state index is 0.387. The van der Waals surface area contributed by atoms with Crippen LogP contribution in [0, 0.1) is 0 Å². The van der Waals surface area contributed by atoms with Crippen LogP contribution in [0.5, 0.6) is 0 Å². The van der Waals surface area contributed by atoms with Crippen LogP contribution in [0.2, 0.25) is 0 Å². The van der Waals surface area contributed by atoms with Gasteiger partial charge in [0.25, 0.3) is 0 Å². The second kappa shape index (κ2) is 5.08. The largest absolute Gasteiger partial charge is 0.471 e. The van der Waals surface area contributed by atoms with E-state index in [9.17, 15) is 4.57 Å². The first kappa shape index (κ1) is 13.1. The highest BCUT2D eigenvalue weighted by Gasteiger charge is 2.31. The van der Waals surface area contributed by atoms with E-state index in [-0.39, 0.29) is 0 Å². The van der Waals surface area contributed by atoms with Gasteiger partial charge in [0.2, 0.25) is 0 Å². The molecule has 0 aliphatic carbocycles. The molecule has 13 heavy (non-hydrogen) atoms. The fourth-order valence-corrected chi connectivity index (χ4v) is 1.69. The van der Waals surface area contributed by atoms with Gasteiger partial charge < -0.3 is 15.5 Å². The molecule has 6 heteroatoms. The van der Waals surface area contributed by atoms with Gasteiger partial charge in [-0.2, -0.15) is 0 Å². The summed E-state index contributed by atoms with van der Waals surface area (Å²) in [4.78, 5) is 17.2. The van der Waals surface area contributed by atoms with Crippen LogP contribution in [0.1, 0.15) is 39.5 Å². The zero-order valence-corrected chi connectivity index (χ0v) is 8.96. The molecule has 1 unspecified atom stereocenters. The summed E-state index contributed by atoms with van der Waals surface area (Å²) in [5.41, 5.74) is 4.47. The first-order valence-electron chi connectivity index (χ1n) is 4.38. The molecule has 0 radical (unpaired) electrons. The van der Waals surface area contributed by atoms with E-state index >= 15 is 0 Å². The minimum Gasteiger partial charge on any atom is -0.303 e. The van der Waals surface area contributed by atoms with Gasteiger partial charge in [0.1, 0.15) is 5.72 Å². The molecule has 0 aliphatic rings. The van der Waals surface area contributed by atoms with Gasteiger partial charge in [0.15, 0.2) is 0 Å². The van der Waals surface area contributed by atoms with Crippen molar-refractivity contribution in [3.05, 3.63) is 0 Å². The number of hydrogen-bond acceptors (Lipinski definition) is 3. The third kappa shape index (κ3) is 6.18. The van der Waals surface area contributed by atoms with Crippen LogP contribution in [0.3, 0.4) is 0 Å². The Morgan fingerprint density at radius 2 is 2.00 bits per heavy atom. The van der Waals surface area contributed by atoms with Gasteiger partial charge in [-0.3, -0.25) is 4.52 Å². The van der Waals surface area contributed by atoms with E-state index in [4.69, 9.17) is 15.5 Å². The molecular formula is C7H18NO4P. The molecule has 80 valence electrons. The predicted octanol–water partition coefficient (Wildman–Crippen LogP) is 1.35. The number of rotatable bonds is 6. The van der Waals surface area contributed by atoms with E-state index in [1.54, 1.807) is 6.92 Å². The predicted molar refractivity (Wildman–Crippen MR) is 49.9 cm³/mol. The molecule has 0 saturated carbocycles.